The van der Waals surface area contributed by atoms with Crippen LogP contribution < -0.4 is 5.73 Å². The van der Waals surface area contributed by atoms with Crippen LogP contribution in [-0.2, 0) is 0 Å². The fourth-order valence-corrected chi connectivity index (χ4v) is 2.70. The molecule has 0 atom stereocenters. The van der Waals surface area contributed by atoms with Crippen LogP contribution in [0.4, 0.5) is 0 Å². The molecular formula is C20H15N5O. The van der Waals surface area contributed by atoms with Gasteiger partial charge in [0.05, 0.1) is 11.4 Å². The van der Waals surface area contributed by atoms with Gasteiger partial charge in [0.2, 0.25) is 5.91 Å². The summed E-state index contributed by atoms with van der Waals surface area (Å²) < 4.78 is 1.78. The topological polar surface area (TPSA) is 86.7 Å². The molecular weight excluding hydrogens is 326 g/mol. The molecule has 0 unspecified atom stereocenters. The first kappa shape index (κ1) is 15.7. The van der Waals surface area contributed by atoms with Crippen molar-refractivity contribution in [2.24, 2.45) is 5.73 Å². The highest BCUT2D eigenvalue weighted by atomic mass is 16.1. The molecule has 0 aliphatic carbocycles. The standard InChI is InChI=1S/C20H15N5O/c21-20(26)15-8-6-14(7-9-15)18-12-17(16-4-3-10-22-13-16)24-25(18)19-5-1-2-11-23-19/h1-13H,(H2,21,26). The maximum atomic E-state index is 11.3. The van der Waals surface area contributed by atoms with Crippen molar-refractivity contribution in [2.45, 2.75) is 0 Å². The van der Waals surface area contributed by atoms with Crippen LogP contribution in [-0.4, -0.2) is 25.7 Å². The first-order valence-electron chi connectivity index (χ1n) is 8.04. The van der Waals surface area contributed by atoms with Crippen molar-refractivity contribution >= 4 is 5.91 Å². The van der Waals surface area contributed by atoms with Crippen LogP contribution >= 0.6 is 0 Å². The van der Waals surface area contributed by atoms with Crippen LogP contribution in [0.3, 0.4) is 0 Å². The molecule has 0 aliphatic heterocycles. The normalized spacial score (nSPS) is 10.6. The maximum Gasteiger partial charge on any atom is 0.248 e. The quantitative estimate of drug-likeness (QED) is 0.618. The number of carbonyl (C=O) groups is 1. The molecule has 4 rings (SSSR count). The van der Waals surface area contributed by atoms with Crippen LogP contribution in [0.2, 0.25) is 0 Å². The van der Waals surface area contributed by atoms with Gasteiger partial charge in [-0.05, 0) is 42.5 Å². The monoisotopic (exact) mass is 341 g/mol. The highest BCUT2D eigenvalue weighted by Crippen LogP contribution is 2.28. The Balaban J connectivity index is 1.87. The Morgan fingerprint density at radius 1 is 0.923 bits per heavy atom. The number of rotatable bonds is 4. The number of nitrogens with zero attached hydrogens (tertiary/aromatic N) is 4. The Labute approximate surface area is 150 Å². The van der Waals surface area contributed by atoms with Crippen molar-refractivity contribution in [1.29, 1.82) is 0 Å². The summed E-state index contributed by atoms with van der Waals surface area (Å²) in [6, 6.07) is 18.6. The van der Waals surface area contributed by atoms with Gasteiger partial charge in [0.1, 0.15) is 0 Å². The number of primary amides is 1. The predicted octanol–water partition coefficient (Wildman–Crippen LogP) is 3.10. The molecule has 0 radical (unpaired) electrons. The van der Waals surface area contributed by atoms with Crippen molar-refractivity contribution in [3.05, 3.63) is 84.8 Å². The van der Waals surface area contributed by atoms with E-state index in [0.717, 1.165) is 22.5 Å². The van der Waals surface area contributed by atoms with Crippen molar-refractivity contribution in [2.75, 3.05) is 0 Å². The van der Waals surface area contributed by atoms with Gasteiger partial charge in [-0.15, -0.1) is 0 Å². The summed E-state index contributed by atoms with van der Waals surface area (Å²) in [7, 11) is 0. The van der Waals surface area contributed by atoms with E-state index >= 15 is 0 Å². The van der Waals surface area contributed by atoms with Crippen molar-refractivity contribution in [3.63, 3.8) is 0 Å². The molecule has 26 heavy (non-hydrogen) atoms. The van der Waals surface area contributed by atoms with Crippen molar-refractivity contribution < 1.29 is 4.79 Å². The number of hydrogen-bond donors (Lipinski definition) is 1. The predicted molar refractivity (Wildman–Crippen MR) is 98.5 cm³/mol. The first-order chi connectivity index (χ1) is 12.7. The van der Waals surface area contributed by atoms with Gasteiger partial charge < -0.3 is 5.73 Å². The second-order valence-corrected chi connectivity index (χ2v) is 5.70. The molecule has 4 aromatic rings. The van der Waals surface area contributed by atoms with E-state index in [4.69, 9.17) is 10.8 Å². The van der Waals surface area contributed by atoms with E-state index in [1.54, 1.807) is 35.4 Å². The van der Waals surface area contributed by atoms with Crippen LogP contribution in [0.15, 0.2) is 79.3 Å². The van der Waals surface area contributed by atoms with Gasteiger partial charge in [-0.2, -0.15) is 5.10 Å². The Kier molecular flexibility index (Phi) is 3.99. The van der Waals surface area contributed by atoms with E-state index in [0.29, 0.717) is 11.4 Å². The van der Waals surface area contributed by atoms with Gasteiger partial charge in [-0.3, -0.25) is 9.78 Å². The number of pyridine rings is 2. The summed E-state index contributed by atoms with van der Waals surface area (Å²) in [6.07, 6.45) is 5.22. The summed E-state index contributed by atoms with van der Waals surface area (Å²) in [5.74, 6) is 0.252. The number of carbonyl (C=O) groups excluding carboxylic acids is 1. The smallest absolute Gasteiger partial charge is 0.248 e. The Bertz CT molecular complexity index is 1040. The van der Waals surface area contributed by atoms with E-state index in [1.807, 2.05) is 48.5 Å². The lowest BCUT2D eigenvalue weighted by atomic mass is 10.1. The molecule has 0 bridgehead atoms. The van der Waals surface area contributed by atoms with E-state index < -0.39 is 5.91 Å². The third-order valence-corrected chi connectivity index (χ3v) is 4.00. The number of hydrogen-bond acceptors (Lipinski definition) is 4. The summed E-state index contributed by atoms with van der Waals surface area (Å²) in [5.41, 5.74) is 9.26. The summed E-state index contributed by atoms with van der Waals surface area (Å²) in [4.78, 5) is 19.9. The van der Waals surface area contributed by atoms with Crippen LogP contribution in [0.25, 0.3) is 28.3 Å². The first-order valence-corrected chi connectivity index (χ1v) is 8.04. The third kappa shape index (κ3) is 2.95. The van der Waals surface area contributed by atoms with Gasteiger partial charge in [0.25, 0.3) is 0 Å². The number of aromatic nitrogens is 4. The van der Waals surface area contributed by atoms with Gasteiger partial charge >= 0.3 is 0 Å². The zero-order valence-corrected chi connectivity index (χ0v) is 13.8. The lowest BCUT2D eigenvalue weighted by Gasteiger charge is -2.06. The van der Waals surface area contributed by atoms with Gasteiger partial charge in [0.15, 0.2) is 5.82 Å². The van der Waals surface area contributed by atoms with Gasteiger partial charge in [-0.1, -0.05) is 18.2 Å². The largest absolute Gasteiger partial charge is 0.366 e. The van der Waals surface area contributed by atoms with E-state index in [-0.39, 0.29) is 0 Å². The van der Waals surface area contributed by atoms with Crippen molar-refractivity contribution in [1.82, 2.24) is 19.7 Å². The third-order valence-electron chi connectivity index (χ3n) is 4.00. The van der Waals surface area contributed by atoms with Gasteiger partial charge in [-0.25, -0.2) is 9.67 Å². The molecule has 1 aromatic carbocycles. The number of amides is 1. The zero-order valence-electron chi connectivity index (χ0n) is 13.8. The van der Waals surface area contributed by atoms with E-state index in [1.165, 1.54) is 0 Å². The van der Waals surface area contributed by atoms with Crippen LogP contribution in [0.1, 0.15) is 10.4 Å². The minimum absolute atomic E-state index is 0.453. The molecule has 0 saturated carbocycles. The lowest BCUT2D eigenvalue weighted by molar-refractivity contribution is 0.100. The number of benzene rings is 1. The second kappa shape index (κ2) is 6.60. The van der Waals surface area contributed by atoms with Crippen molar-refractivity contribution in [3.8, 4) is 28.3 Å². The highest BCUT2D eigenvalue weighted by molar-refractivity contribution is 5.93. The van der Waals surface area contributed by atoms with Crippen LogP contribution in [0, 0.1) is 0 Å². The minimum atomic E-state index is -0.453. The summed E-state index contributed by atoms with van der Waals surface area (Å²) >= 11 is 0. The molecule has 6 nitrogen and oxygen atoms in total. The molecule has 1 amide bonds. The summed E-state index contributed by atoms with van der Waals surface area (Å²) in [5, 5.41) is 4.71. The van der Waals surface area contributed by atoms with E-state index in [9.17, 15) is 4.79 Å². The average molecular weight is 341 g/mol. The molecule has 3 aromatic heterocycles. The zero-order chi connectivity index (χ0) is 17.9. The number of nitrogens with two attached hydrogens (primary N) is 1. The fraction of sp³-hybridized carbons (Fsp3) is 0. The minimum Gasteiger partial charge on any atom is -0.366 e. The molecule has 3 heterocycles. The summed E-state index contributed by atoms with van der Waals surface area (Å²) in [6.45, 7) is 0. The SMILES string of the molecule is NC(=O)c1ccc(-c2cc(-c3cccnc3)nn2-c2ccccn2)cc1. The molecule has 0 spiro atoms. The van der Waals surface area contributed by atoms with Gasteiger partial charge in [0, 0.05) is 35.3 Å². The van der Waals surface area contributed by atoms with Crippen LogP contribution in [0.5, 0.6) is 0 Å². The lowest BCUT2D eigenvalue weighted by Crippen LogP contribution is -2.10. The maximum absolute atomic E-state index is 11.3. The molecule has 126 valence electrons. The molecule has 2 N–H and O–H groups in total. The Morgan fingerprint density at radius 2 is 1.77 bits per heavy atom. The molecule has 0 aliphatic rings. The second-order valence-electron chi connectivity index (χ2n) is 5.70. The fourth-order valence-electron chi connectivity index (χ4n) is 2.70. The average Bonchev–Trinajstić information content (AvgIpc) is 3.15. The molecule has 0 fully saturated rings. The molecule has 6 heteroatoms. The highest BCUT2D eigenvalue weighted by Gasteiger charge is 2.14. The Morgan fingerprint density at radius 3 is 2.42 bits per heavy atom. The Hall–Kier alpha value is -3.80. The molecule has 0 saturated heterocycles. The van der Waals surface area contributed by atoms with E-state index in [2.05, 4.69) is 9.97 Å².